The highest BCUT2D eigenvalue weighted by atomic mass is 16.4. The first-order chi connectivity index (χ1) is 8.11. The van der Waals surface area contributed by atoms with Crippen molar-refractivity contribution in [1.29, 1.82) is 0 Å². The lowest BCUT2D eigenvalue weighted by Gasteiger charge is -2.17. The van der Waals surface area contributed by atoms with Gasteiger partial charge in [0.05, 0.1) is 0 Å². The molecular formula is C13H14NO3-. The molecule has 0 aliphatic carbocycles. The molecule has 1 heterocycles. The minimum Gasteiger partial charge on any atom is -0.550 e. The van der Waals surface area contributed by atoms with Crippen molar-refractivity contribution in [2.75, 3.05) is 11.4 Å². The Labute approximate surface area is 99.9 Å². The first-order valence-corrected chi connectivity index (χ1v) is 5.72. The van der Waals surface area contributed by atoms with E-state index in [-0.39, 0.29) is 18.9 Å². The molecule has 1 unspecified atom stereocenters. The van der Waals surface area contributed by atoms with Crippen LogP contribution in [0, 0.1) is 5.92 Å². The van der Waals surface area contributed by atoms with Crippen molar-refractivity contribution >= 4 is 17.6 Å². The lowest BCUT2D eigenvalue weighted by Crippen LogP contribution is -2.33. The molecule has 1 fully saturated rings. The van der Waals surface area contributed by atoms with Crippen molar-refractivity contribution in [1.82, 2.24) is 0 Å². The topological polar surface area (TPSA) is 60.4 Å². The summed E-state index contributed by atoms with van der Waals surface area (Å²) in [6, 6.07) is 7.62. The molecule has 1 aliphatic heterocycles. The van der Waals surface area contributed by atoms with Crippen molar-refractivity contribution in [2.45, 2.75) is 19.8 Å². The van der Waals surface area contributed by atoms with Crippen molar-refractivity contribution in [3.05, 3.63) is 29.8 Å². The van der Waals surface area contributed by atoms with Crippen LogP contribution in [0.15, 0.2) is 24.3 Å². The summed E-state index contributed by atoms with van der Waals surface area (Å²) in [7, 11) is 0. The largest absolute Gasteiger partial charge is 0.550 e. The summed E-state index contributed by atoms with van der Waals surface area (Å²) >= 11 is 0. The summed E-state index contributed by atoms with van der Waals surface area (Å²) in [6.07, 6.45) is 0.980. The molecule has 1 atom stereocenters. The zero-order chi connectivity index (χ0) is 12.4. The lowest BCUT2D eigenvalue weighted by molar-refractivity contribution is -0.310. The fourth-order valence-electron chi connectivity index (χ4n) is 2.03. The standard InChI is InChI=1S/C13H15NO3/c1-2-9-3-5-11(6-4-9)14-8-10(13(16)17)7-12(14)15/h3-6,10H,2,7-8H2,1H3,(H,16,17)/p-1. The predicted molar refractivity (Wildman–Crippen MR) is 61.3 cm³/mol. The quantitative estimate of drug-likeness (QED) is 0.755. The smallest absolute Gasteiger partial charge is 0.227 e. The molecule has 4 nitrogen and oxygen atoms in total. The zero-order valence-corrected chi connectivity index (χ0v) is 9.68. The van der Waals surface area contributed by atoms with E-state index in [9.17, 15) is 14.7 Å². The summed E-state index contributed by atoms with van der Waals surface area (Å²) in [5.41, 5.74) is 1.95. The van der Waals surface area contributed by atoms with E-state index in [0.717, 1.165) is 12.1 Å². The number of aliphatic carboxylic acids is 1. The minimum absolute atomic E-state index is 0.0395. The second-order valence-corrected chi connectivity index (χ2v) is 4.24. The number of hydrogen-bond donors (Lipinski definition) is 0. The van der Waals surface area contributed by atoms with Gasteiger partial charge in [0.2, 0.25) is 5.91 Å². The fraction of sp³-hybridized carbons (Fsp3) is 0.385. The molecule has 17 heavy (non-hydrogen) atoms. The Morgan fingerprint density at radius 2 is 2.06 bits per heavy atom. The zero-order valence-electron chi connectivity index (χ0n) is 9.68. The number of anilines is 1. The van der Waals surface area contributed by atoms with E-state index in [1.165, 1.54) is 10.5 Å². The highest BCUT2D eigenvalue weighted by Crippen LogP contribution is 2.25. The van der Waals surface area contributed by atoms with Gasteiger partial charge in [-0.25, -0.2) is 0 Å². The Hall–Kier alpha value is -1.84. The van der Waals surface area contributed by atoms with Crippen LogP contribution in [0.5, 0.6) is 0 Å². The van der Waals surface area contributed by atoms with Gasteiger partial charge in [-0.1, -0.05) is 19.1 Å². The number of nitrogens with zero attached hydrogens (tertiary/aromatic N) is 1. The first-order valence-electron chi connectivity index (χ1n) is 5.72. The van der Waals surface area contributed by atoms with E-state index in [1.54, 1.807) is 0 Å². The molecule has 0 bridgehead atoms. The van der Waals surface area contributed by atoms with Gasteiger partial charge in [-0.2, -0.15) is 0 Å². The molecule has 90 valence electrons. The maximum absolute atomic E-state index is 11.7. The Balaban J connectivity index is 2.17. The molecule has 1 amide bonds. The number of hydrogen-bond acceptors (Lipinski definition) is 3. The Morgan fingerprint density at radius 1 is 1.41 bits per heavy atom. The van der Waals surface area contributed by atoms with Crippen LogP contribution in [0.4, 0.5) is 5.69 Å². The van der Waals surface area contributed by atoms with Gasteiger partial charge in [0, 0.05) is 30.5 Å². The van der Waals surface area contributed by atoms with Gasteiger partial charge in [-0.05, 0) is 24.1 Å². The normalized spacial score (nSPS) is 19.7. The number of carbonyl (C=O) groups is 2. The Kier molecular flexibility index (Phi) is 3.13. The van der Waals surface area contributed by atoms with E-state index in [2.05, 4.69) is 6.92 Å². The Bertz CT molecular complexity index is 438. The van der Waals surface area contributed by atoms with Gasteiger partial charge in [0.15, 0.2) is 0 Å². The van der Waals surface area contributed by atoms with Crippen LogP contribution in [0.1, 0.15) is 18.9 Å². The fourth-order valence-corrected chi connectivity index (χ4v) is 2.03. The molecular weight excluding hydrogens is 218 g/mol. The van der Waals surface area contributed by atoms with E-state index < -0.39 is 11.9 Å². The molecule has 0 saturated carbocycles. The molecule has 4 heteroatoms. The maximum atomic E-state index is 11.7. The number of carboxylic acid groups (broad SMARTS) is 1. The van der Waals surface area contributed by atoms with Crippen LogP contribution in [0.3, 0.4) is 0 Å². The molecule has 1 aliphatic rings. The lowest BCUT2D eigenvalue weighted by atomic mass is 10.1. The third kappa shape index (κ3) is 2.30. The maximum Gasteiger partial charge on any atom is 0.227 e. The van der Waals surface area contributed by atoms with Crippen LogP contribution in [0.2, 0.25) is 0 Å². The highest BCUT2D eigenvalue weighted by molar-refractivity contribution is 5.98. The van der Waals surface area contributed by atoms with E-state index in [0.29, 0.717) is 0 Å². The third-order valence-corrected chi connectivity index (χ3v) is 3.11. The minimum atomic E-state index is -1.15. The number of carbonyl (C=O) groups excluding carboxylic acids is 2. The average Bonchev–Trinajstić information content (AvgIpc) is 2.72. The second-order valence-electron chi connectivity index (χ2n) is 4.24. The van der Waals surface area contributed by atoms with Gasteiger partial charge in [0.25, 0.3) is 0 Å². The molecule has 1 aromatic rings. The molecule has 2 rings (SSSR count). The number of aryl methyl sites for hydroxylation is 1. The molecule has 0 aromatic heterocycles. The van der Waals surface area contributed by atoms with Gasteiger partial charge in [-0.3, -0.25) is 4.79 Å². The van der Waals surface area contributed by atoms with Gasteiger partial charge in [0.1, 0.15) is 0 Å². The van der Waals surface area contributed by atoms with Crippen molar-refractivity contribution in [3.63, 3.8) is 0 Å². The molecule has 0 spiro atoms. The van der Waals surface area contributed by atoms with Gasteiger partial charge >= 0.3 is 0 Å². The number of amides is 1. The van der Waals surface area contributed by atoms with Crippen molar-refractivity contribution in [3.8, 4) is 0 Å². The summed E-state index contributed by atoms with van der Waals surface area (Å²) in [4.78, 5) is 23.9. The van der Waals surface area contributed by atoms with Crippen LogP contribution in [-0.2, 0) is 16.0 Å². The van der Waals surface area contributed by atoms with Crippen molar-refractivity contribution in [2.24, 2.45) is 5.92 Å². The summed E-state index contributed by atoms with van der Waals surface area (Å²) in [5.74, 6) is -1.98. The van der Waals surface area contributed by atoms with Crippen LogP contribution in [0.25, 0.3) is 0 Å². The molecule has 1 aromatic carbocycles. The molecule has 0 N–H and O–H groups in total. The van der Waals surface area contributed by atoms with Gasteiger partial charge in [-0.15, -0.1) is 0 Å². The molecule has 1 saturated heterocycles. The monoisotopic (exact) mass is 232 g/mol. The SMILES string of the molecule is CCc1ccc(N2CC(C(=O)[O-])CC2=O)cc1. The van der Waals surface area contributed by atoms with Gasteiger partial charge < -0.3 is 14.8 Å². The summed E-state index contributed by atoms with van der Waals surface area (Å²) in [5, 5.41) is 10.7. The number of benzene rings is 1. The first kappa shape index (κ1) is 11.6. The van der Waals surface area contributed by atoms with E-state index in [4.69, 9.17) is 0 Å². The molecule has 0 radical (unpaired) electrons. The summed E-state index contributed by atoms with van der Waals surface area (Å²) < 4.78 is 0. The van der Waals surface area contributed by atoms with Crippen LogP contribution < -0.4 is 10.0 Å². The third-order valence-electron chi connectivity index (χ3n) is 3.11. The predicted octanol–water partition coefficient (Wildman–Crippen LogP) is 0.352. The highest BCUT2D eigenvalue weighted by Gasteiger charge is 2.31. The number of rotatable bonds is 3. The summed E-state index contributed by atoms with van der Waals surface area (Å²) in [6.45, 7) is 2.27. The average molecular weight is 232 g/mol. The number of carboxylic acids is 1. The van der Waals surface area contributed by atoms with E-state index in [1.807, 2.05) is 24.3 Å². The van der Waals surface area contributed by atoms with Crippen LogP contribution >= 0.6 is 0 Å². The Morgan fingerprint density at radius 3 is 2.53 bits per heavy atom. The van der Waals surface area contributed by atoms with Crippen molar-refractivity contribution < 1.29 is 14.7 Å². The van der Waals surface area contributed by atoms with Crippen LogP contribution in [-0.4, -0.2) is 18.4 Å². The van der Waals surface area contributed by atoms with E-state index >= 15 is 0 Å². The second kappa shape index (κ2) is 4.57.